The van der Waals surface area contributed by atoms with E-state index >= 15 is 0 Å². The highest BCUT2D eigenvalue weighted by molar-refractivity contribution is 5.76. The van der Waals surface area contributed by atoms with Crippen LogP contribution in [0.25, 0.3) is 11.6 Å². The van der Waals surface area contributed by atoms with Gasteiger partial charge in [0.2, 0.25) is 0 Å². The van der Waals surface area contributed by atoms with Gasteiger partial charge < -0.3 is 10.1 Å². The van der Waals surface area contributed by atoms with E-state index in [-0.39, 0.29) is 0 Å². The van der Waals surface area contributed by atoms with Crippen molar-refractivity contribution in [3.05, 3.63) is 51.9 Å². The molecule has 0 bridgehead atoms. The van der Waals surface area contributed by atoms with E-state index in [1.807, 2.05) is 6.92 Å². The summed E-state index contributed by atoms with van der Waals surface area (Å²) in [7, 11) is 0. The molecule has 2 aromatic carbocycles. The van der Waals surface area contributed by atoms with E-state index in [0.29, 0.717) is 0 Å². The van der Waals surface area contributed by atoms with Gasteiger partial charge in [0.1, 0.15) is 11.5 Å². The highest BCUT2D eigenvalue weighted by Crippen LogP contribution is 2.36. The molecule has 0 unspecified atom stereocenters. The van der Waals surface area contributed by atoms with Crippen LogP contribution in [0.15, 0.2) is 30.3 Å². The standard InChI is InChI=1S/C19H21NO/c1-5-14-7-8-15-13(4)16-9-12(3)17(20-6-2)11-19(16)21-18(15)10-14/h5,7-11,20H,6H2,1-4H3/b14-5+. The summed E-state index contributed by atoms with van der Waals surface area (Å²) in [5.74, 6) is 1.89. The van der Waals surface area contributed by atoms with E-state index in [4.69, 9.17) is 4.74 Å². The second-order valence-electron chi connectivity index (χ2n) is 5.46. The van der Waals surface area contributed by atoms with E-state index in [1.54, 1.807) is 0 Å². The molecule has 0 atom stereocenters. The summed E-state index contributed by atoms with van der Waals surface area (Å²) < 4.78 is 6.15. The number of nitrogens with one attached hydrogen (secondary N) is 1. The molecule has 2 heteroatoms. The Kier molecular flexibility index (Phi) is 3.46. The van der Waals surface area contributed by atoms with E-state index in [1.165, 1.54) is 27.1 Å². The van der Waals surface area contributed by atoms with Crippen LogP contribution in [0.3, 0.4) is 0 Å². The van der Waals surface area contributed by atoms with Crippen LogP contribution < -0.4 is 20.5 Å². The Morgan fingerprint density at radius 2 is 1.90 bits per heavy atom. The molecule has 108 valence electrons. The number of aryl methyl sites for hydroxylation is 1. The van der Waals surface area contributed by atoms with Gasteiger partial charge in [-0.3, -0.25) is 0 Å². The normalized spacial score (nSPS) is 13.5. The molecule has 0 spiro atoms. The Balaban J connectivity index is 2.24. The fraction of sp³-hybridized carbons (Fsp3) is 0.263. The van der Waals surface area contributed by atoms with Crippen LogP contribution in [-0.2, 0) is 0 Å². The lowest BCUT2D eigenvalue weighted by molar-refractivity contribution is 0.471. The third-order valence-electron chi connectivity index (χ3n) is 4.06. The van der Waals surface area contributed by atoms with Crippen LogP contribution in [0.5, 0.6) is 11.5 Å². The number of anilines is 1. The number of hydrogen-bond donors (Lipinski definition) is 1. The second kappa shape index (κ2) is 5.28. The maximum Gasteiger partial charge on any atom is 0.137 e. The predicted octanol–water partition coefficient (Wildman–Crippen LogP) is 3.55. The lowest BCUT2D eigenvalue weighted by atomic mass is 9.97. The van der Waals surface area contributed by atoms with Gasteiger partial charge in [0.05, 0.1) is 0 Å². The molecule has 0 amide bonds. The SMILES string of the molecule is C/C=c1\ccc2c(c1)Oc1cc(NCC)c(C)cc1C=2C. The molecule has 3 rings (SSSR count). The molecule has 21 heavy (non-hydrogen) atoms. The predicted molar refractivity (Wildman–Crippen MR) is 89.4 cm³/mol. The van der Waals surface area contributed by atoms with Crippen LogP contribution in [0.4, 0.5) is 5.69 Å². The van der Waals surface area contributed by atoms with Crippen LogP contribution in [0, 0.1) is 6.92 Å². The first-order valence-electron chi connectivity index (χ1n) is 7.48. The average molecular weight is 279 g/mol. The average Bonchev–Trinajstić information content (AvgIpc) is 2.49. The lowest BCUT2D eigenvalue weighted by Crippen LogP contribution is -2.18. The molecule has 1 aliphatic heterocycles. The van der Waals surface area contributed by atoms with Crippen molar-refractivity contribution in [2.24, 2.45) is 0 Å². The molecule has 1 aliphatic rings. The molecule has 1 heterocycles. The van der Waals surface area contributed by atoms with Gasteiger partial charge in [0.25, 0.3) is 0 Å². The van der Waals surface area contributed by atoms with Crippen molar-refractivity contribution in [1.82, 2.24) is 0 Å². The number of rotatable bonds is 2. The summed E-state index contributed by atoms with van der Waals surface area (Å²) >= 11 is 0. The molecule has 1 N–H and O–H groups in total. The highest BCUT2D eigenvalue weighted by atomic mass is 16.5. The molecule has 0 fully saturated rings. The van der Waals surface area contributed by atoms with Gasteiger partial charge in [-0.05, 0) is 56.2 Å². The highest BCUT2D eigenvalue weighted by Gasteiger charge is 2.17. The smallest absolute Gasteiger partial charge is 0.137 e. The van der Waals surface area contributed by atoms with Crippen molar-refractivity contribution in [2.75, 3.05) is 11.9 Å². The Morgan fingerprint density at radius 3 is 2.62 bits per heavy atom. The van der Waals surface area contributed by atoms with Gasteiger partial charge in [-0.1, -0.05) is 18.2 Å². The van der Waals surface area contributed by atoms with Gasteiger partial charge in [-0.15, -0.1) is 0 Å². The van der Waals surface area contributed by atoms with Crippen LogP contribution in [0.1, 0.15) is 31.9 Å². The number of ether oxygens (including phenoxy) is 1. The molecular weight excluding hydrogens is 258 g/mol. The summed E-state index contributed by atoms with van der Waals surface area (Å²) in [5, 5.41) is 5.76. The number of benzene rings is 2. The summed E-state index contributed by atoms with van der Waals surface area (Å²) in [5.41, 5.74) is 4.86. The first kappa shape index (κ1) is 13.7. The third kappa shape index (κ3) is 2.31. The minimum absolute atomic E-state index is 0.911. The summed E-state index contributed by atoms with van der Waals surface area (Å²) in [6, 6.07) is 10.7. The first-order valence-corrected chi connectivity index (χ1v) is 7.48. The molecule has 0 aliphatic carbocycles. The van der Waals surface area contributed by atoms with E-state index < -0.39 is 0 Å². The van der Waals surface area contributed by atoms with Crippen LogP contribution in [-0.4, -0.2) is 6.54 Å². The van der Waals surface area contributed by atoms with E-state index in [0.717, 1.165) is 23.7 Å². The molecule has 2 nitrogen and oxygen atoms in total. The minimum Gasteiger partial charge on any atom is -0.456 e. The van der Waals surface area contributed by atoms with Crippen molar-refractivity contribution in [3.63, 3.8) is 0 Å². The number of hydrogen-bond acceptors (Lipinski definition) is 2. The Labute approximate surface area is 125 Å². The fourth-order valence-electron chi connectivity index (χ4n) is 2.82. The zero-order valence-electron chi connectivity index (χ0n) is 13.1. The molecule has 2 aromatic rings. The maximum absolute atomic E-state index is 6.15. The lowest BCUT2D eigenvalue weighted by Gasteiger charge is -2.21. The van der Waals surface area contributed by atoms with Gasteiger partial charge in [-0.25, -0.2) is 0 Å². The van der Waals surface area contributed by atoms with Crippen molar-refractivity contribution < 1.29 is 4.74 Å². The molecule has 0 radical (unpaired) electrons. The molecular formula is C19H21NO. The monoisotopic (exact) mass is 279 g/mol. The van der Waals surface area contributed by atoms with Gasteiger partial charge in [0.15, 0.2) is 0 Å². The topological polar surface area (TPSA) is 21.3 Å². The minimum atomic E-state index is 0.911. The van der Waals surface area contributed by atoms with Gasteiger partial charge in [0, 0.05) is 29.1 Å². The maximum atomic E-state index is 6.15. The largest absolute Gasteiger partial charge is 0.456 e. The Hall–Kier alpha value is -2.22. The van der Waals surface area contributed by atoms with Crippen LogP contribution in [0.2, 0.25) is 0 Å². The number of fused-ring (bicyclic) bond motifs is 2. The quantitative estimate of drug-likeness (QED) is 0.907. The molecule has 0 saturated heterocycles. The third-order valence-corrected chi connectivity index (χ3v) is 4.06. The van der Waals surface area contributed by atoms with Crippen molar-refractivity contribution in [3.8, 4) is 11.5 Å². The van der Waals surface area contributed by atoms with Gasteiger partial charge >= 0.3 is 0 Å². The summed E-state index contributed by atoms with van der Waals surface area (Å²) in [6.07, 6.45) is 2.09. The summed E-state index contributed by atoms with van der Waals surface area (Å²) in [4.78, 5) is 0. The first-order chi connectivity index (χ1) is 10.1. The summed E-state index contributed by atoms with van der Waals surface area (Å²) in [6.45, 7) is 9.36. The zero-order valence-corrected chi connectivity index (χ0v) is 13.1. The van der Waals surface area contributed by atoms with Crippen molar-refractivity contribution in [2.45, 2.75) is 27.7 Å². The Bertz CT molecular complexity index is 818. The van der Waals surface area contributed by atoms with E-state index in [2.05, 4.69) is 62.5 Å². The Morgan fingerprint density at radius 1 is 1.10 bits per heavy atom. The molecule has 0 aromatic heterocycles. The second-order valence-corrected chi connectivity index (χ2v) is 5.46. The fourth-order valence-corrected chi connectivity index (χ4v) is 2.82. The van der Waals surface area contributed by atoms with Crippen molar-refractivity contribution in [1.29, 1.82) is 0 Å². The molecule has 0 saturated carbocycles. The van der Waals surface area contributed by atoms with Crippen LogP contribution >= 0.6 is 0 Å². The van der Waals surface area contributed by atoms with E-state index in [9.17, 15) is 0 Å². The van der Waals surface area contributed by atoms with Gasteiger partial charge in [-0.2, -0.15) is 0 Å². The van der Waals surface area contributed by atoms with Crippen molar-refractivity contribution >= 4 is 17.3 Å². The zero-order chi connectivity index (χ0) is 15.0.